The number of benzene rings is 9. The quantitative estimate of drug-likeness (QED) is 0.128. The Kier molecular flexibility index (Phi) is 10.9. The van der Waals surface area contributed by atoms with Gasteiger partial charge in [-0.1, -0.05) is 200 Å². The van der Waals surface area contributed by atoms with E-state index < -0.39 is 0 Å². The van der Waals surface area contributed by atoms with Crippen molar-refractivity contribution >= 4 is 28.4 Å². The van der Waals surface area contributed by atoms with Crippen LogP contribution in [-0.2, 0) is 0 Å². The van der Waals surface area contributed by atoms with Crippen molar-refractivity contribution in [2.75, 3.05) is 9.80 Å². The Bertz CT molecular complexity index is 2870. The van der Waals surface area contributed by atoms with Gasteiger partial charge in [0.05, 0.1) is 5.54 Å². The van der Waals surface area contributed by atoms with Crippen LogP contribution in [0.2, 0.25) is 0 Å². The lowest BCUT2D eigenvalue weighted by molar-refractivity contribution is 0.570. The molecule has 0 saturated heterocycles. The van der Waals surface area contributed by atoms with E-state index in [1.807, 2.05) is 0 Å². The number of rotatable bonds is 11. The molecule has 0 fully saturated rings. The Balaban J connectivity index is 0.928. The number of nitrogens with zero attached hydrogens (tertiary/aromatic N) is 2. The molecule has 1 unspecified atom stereocenters. The minimum Gasteiger partial charge on any atom is -0.332 e. The molecule has 0 saturated carbocycles. The maximum atomic E-state index is 2.48. The summed E-state index contributed by atoms with van der Waals surface area (Å²) in [6, 6.07) is 85.3. The second-order valence-corrected chi connectivity index (χ2v) is 16.4. The van der Waals surface area contributed by atoms with Crippen molar-refractivity contribution in [3.05, 3.63) is 261 Å². The molecule has 0 heterocycles. The van der Waals surface area contributed by atoms with Crippen LogP contribution in [-0.4, -0.2) is 5.54 Å². The van der Waals surface area contributed by atoms with Crippen LogP contribution in [0.3, 0.4) is 0 Å². The van der Waals surface area contributed by atoms with Gasteiger partial charge >= 0.3 is 0 Å². The van der Waals surface area contributed by atoms with Gasteiger partial charge in [-0.05, 0) is 130 Å². The predicted octanol–water partition coefficient (Wildman–Crippen LogP) is 16.9. The van der Waals surface area contributed by atoms with E-state index in [2.05, 4.69) is 278 Å². The number of hydrogen-bond donors (Lipinski definition) is 0. The zero-order chi connectivity index (χ0) is 42.4. The van der Waals surface area contributed by atoms with Crippen LogP contribution in [0, 0.1) is 0 Å². The first-order valence-electron chi connectivity index (χ1n) is 21.8. The van der Waals surface area contributed by atoms with E-state index in [9.17, 15) is 0 Å². The summed E-state index contributed by atoms with van der Waals surface area (Å²) in [6.07, 6.45) is 9.83. The Morgan fingerprint density at radius 3 is 0.810 bits per heavy atom. The summed E-state index contributed by atoms with van der Waals surface area (Å²) in [6.45, 7) is 2.33. The molecule has 2 nitrogen and oxygen atoms in total. The molecule has 0 aromatic heterocycles. The van der Waals surface area contributed by atoms with E-state index in [-0.39, 0.29) is 5.54 Å². The van der Waals surface area contributed by atoms with Crippen LogP contribution in [0.4, 0.5) is 28.4 Å². The summed E-state index contributed by atoms with van der Waals surface area (Å²) >= 11 is 0. The number of anilines is 5. The molecule has 302 valence electrons. The summed E-state index contributed by atoms with van der Waals surface area (Å²) < 4.78 is 0. The maximum Gasteiger partial charge on any atom is 0.0642 e. The average Bonchev–Trinajstić information content (AvgIpc) is 3.36. The standard InChI is InChI=1S/C61H48N2/c1-61(44-12-5-13-45-61)63(59-40-30-54(31-41-59)50-22-20-49(21-23-50)46-14-6-2-7-15-46)60-42-32-55(33-43-60)53-28-38-58(39-29-53)62(56-34-24-51(25-35-56)47-16-8-3-9-17-47)57-36-26-52(27-37-57)48-18-10-4-11-19-48/h2-44H,45H2,1H3. The van der Waals surface area contributed by atoms with E-state index >= 15 is 0 Å². The molecule has 1 atom stereocenters. The smallest absolute Gasteiger partial charge is 0.0642 e. The third-order valence-corrected chi connectivity index (χ3v) is 12.2. The van der Waals surface area contributed by atoms with Crippen LogP contribution < -0.4 is 9.80 Å². The molecular formula is C61H48N2. The summed E-state index contributed by atoms with van der Waals surface area (Å²) in [5.74, 6) is 0. The molecule has 1 aliphatic carbocycles. The third kappa shape index (κ3) is 8.40. The van der Waals surface area contributed by atoms with Crippen molar-refractivity contribution in [3.8, 4) is 55.6 Å². The van der Waals surface area contributed by atoms with Crippen molar-refractivity contribution in [2.24, 2.45) is 0 Å². The highest BCUT2D eigenvalue weighted by atomic mass is 15.2. The van der Waals surface area contributed by atoms with Gasteiger partial charge in [-0.3, -0.25) is 0 Å². The van der Waals surface area contributed by atoms with Crippen molar-refractivity contribution in [3.63, 3.8) is 0 Å². The van der Waals surface area contributed by atoms with Crippen LogP contribution in [0.15, 0.2) is 261 Å². The Morgan fingerprint density at radius 1 is 0.286 bits per heavy atom. The number of hydrogen-bond acceptors (Lipinski definition) is 2. The zero-order valence-corrected chi connectivity index (χ0v) is 35.4. The summed E-state index contributed by atoms with van der Waals surface area (Å²) in [5, 5.41) is 0. The van der Waals surface area contributed by atoms with Gasteiger partial charge in [-0.2, -0.15) is 0 Å². The van der Waals surface area contributed by atoms with E-state index in [0.29, 0.717) is 0 Å². The largest absolute Gasteiger partial charge is 0.332 e. The lowest BCUT2D eigenvalue weighted by atomic mass is 9.89. The van der Waals surface area contributed by atoms with Gasteiger partial charge in [0.1, 0.15) is 0 Å². The van der Waals surface area contributed by atoms with Gasteiger partial charge in [0.2, 0.25) is 0 Å². The topological polar surface area (TPSA) is 6.48 Å². The summed E-state index contributed by atoms with van der Waals surface area (Å²) in [4.78, 5) is 4.82. The van der Waals surface area contributed by atoms with Gasteiger partial charge < -0.3 is 9.80 Å². The molecule has 0 radical (unpaired) electrons. The fraction of sp³-hybridized carbons (Fsp3) is 0.0492. The Labute approximate surface area is 372 Å². The molecule has 0 spiro atoms. The minimum atomic E-state index is -0.223. The second kappa shape index (κ2) is 17.6. The molecule has 0 amide bonds. The molecule has 1 aliphatic rings. The molecule has 0 bridgehead atoms. The fourth-order valence-electron chi connectivity index (χ4n) is 8.83. The molecule has 0 aliphatic heterocycles. The van der Waals surface area contributed by atoms with Crippen LogP contribution in [0.25, 0.3) is 55.6 Å². The Morgan fingerprint density at radius 2 is 0.540 bits per heavy atom. The van der Waals surface area contributed by atoms with Crippen LogP contribution in [0.1, 0.15) is 13.3 Å². The highest BCUT2D eigenvalue weighted by molar-refractivity contribution is 5.82. The molecule has 9 aromatic carbocycles. The maximum absolute atomic E-state index is 2.48. The van der Waals surface area contributed by atoms with Crippen molar-refractivity contribution < 1.29 is 0 Å². The van der Waals surface area contributed by atoms with E-state index in [1.165, 1.54) is 55.6 Å². The van der Waals surface area contributed by atoms with Crippen molar-refractivity contribution in [2.45, 2.75) is 18.9 Å². The first-order valence-corrected chi connectivity index (χ1v) is 21.8. The van der Waals surface area contributed by atoms with E-state index in [4.69, 9.17) is 0 Å². The first kappa shape index (κ1) is 39.2. The zero-order valence-electron chi connectivity index (χ0n) is 35.4. The number of allylic oxidation sites excluding steroid dienone is 2. The second-order valence-electron chi connectivity index (χ2n) is 16.4. The lowest BCUT2D eigenvalue weighted by Crippen LogP contribution is -2.42. The van der Waals surface area contributed by atoms with Gasteiger partial charge in [0.15, 0.2) is 0 Å². The monoisotopic (exact) mass is 808 g/mol. The molecule has 10 rings (SSSR count). The van der Waals surface area contributed by atoms with Crippen LogP contribution in [0.5, 0.6) is 0 Å². The predicted molar refractivity (Wildman–Crippen MR) is 268 cm³/mol. The van der Waals surface area contributed by atoms with Crippen molar-refractivity contribution in [1.29, 1.82) is 0 Å². The van der Waals surface area contributed by atoms with Gasteiger partial charge in [0.25, 0.3) is 0 Å². The Hall–Kier alpha value is -7.94. The highest BCUT2D eigenvalue weighted by Gasteiger charge is 2.31. The normalized spacial score (nSPS) is 14.3. The molecule has 0 N–H and O–H groups in total. The molecule has 2 heteroatoms. The van der Waals surface area contributed by atoms with Gasteiger partial charge in [-0.25, -0.2) is 0 Å². The first-order chi connectivity index (χ1) is 31.1. The van der Waals surface area contributed by atoms with Crippen molar-refractivity contribution in [1.82, 2.24) is 0 Å². The van der Waals surface area contributed by atoms with Gasteiger partial charge in [-0.15, -0.1) is 0 Å². The SMILES string of the molecule is CC1(N(c2ccc(-c3ccc(-c4ccccc4)cc3)cc2)c2ccc(-c3ccc(N(c4ccc(-c5ccccc5)cc4)c4ccc(-c5ccccc5)cc4)cc3)cc2)C=CC=CC1. The molecule has 9 aromatic rings. The average molecular weight is 809 g/mol. The van der Waals surface area contributed by atoms with E-state index in [0.717, 1.165) is 34.9 Å². The summed E-state index contributed by atoms with van der Waals surface area (Å²) in [7, 11) is 0. The minimum absolute atomic E-state index is 0.223. The van der Waals surface area contributed by atoms with E-state index in [1.54, 1.807) is 0 Å². The molecule has 63 heavy (non-hydrogen) atoms. The third-order valence-electron chi connectivity index (χ3n) is 12.2. The fourth-order valence-corrected chi connectivity index (χ4v) is 8.83. The summed E-state index contributed by atoms with van der Waals surface area (Å²) in [5.41, 5.74) is 17.4. The van der Waals surface area contributed by atoms with Crippen LogP contribution >= 0.6 is 0 Å². The molecular weight excluding hydrogens is 761 g/mol. The highest BCUT2D eigenvalue weighted by Crippen LogP contribution is 2.41. The lowest BCUT2D eigenvalue weighted by Gasteiger charge is -2.42. The van der Waals surface area contributed by atoms with Gasteiger partial charge in [0, 0.05) is 28.4 Å².